The highest BCUT2D eigenvalue weighted by molar-refractivity contribution is 5.79. The van der Waals surface area contributed by atoms with Crippen LogP contribution in [0.5, 0.6) is 0 Å². The number of aromatic nitrogens is 1. The molecule has 2 aromatic rings. The van der Waals surface area contributed by atoms with E-state index in [0.717, 1.165) is 24.0 Å². The van der Waals surface area contributed by atoms with Gasteiger partial charge in [-0.15, -0.1) is 0 Å². The van der Waals surface area contributed by atoms with E-state index in [2.05, 4.69) is 65.6 Å². The summed E-state index contributed by atoms with van der Waals surface area (Å²) in [7, 11) is 1.77. The number of nitrogens with one attached hydrogen (secondary N) is 2. The molecule has 1 aromatic heterocycles. The summed E-state index contributed by atoms with van der Waals surface area (Å²) in [5.41, 5.74) is 3.57. The molecule has 0 spiro atoms. The van der Waals surface area contributed by atoms with E-state index in [1.54, 1.807) is 7.05 Å². The first-order chi connectivity index (χ1) is 11.3. The van der Waals surface area contributed by atoms with Crippen LogP contribution >= 0.6 is 0 Å². The molecule has 24 heavy (non-hydrogen) atoms. The number of rotatable bonds is 5. The second-order valence-corrected chi connectivity index (χ2v) is 6.73. The van der Waals surface area contributed by atoms with Crippen LogP contribution in [0.2, 0.25) is 0 Å². The average Bonchev–Trinajstić information content (AvgIpc) is 2.86. The lowest BCUT2D eigenvalue weighted by molar-refractivity contribution is 0.461. The van der Waals surface area contributed by atoms with Crippen LogP contribution in [-0.4, -0.2) is 24.5 Å². The number of nitrogens with zero attached hydrogens (tertiary/aromatic N) is 2. The minimum atomic E-state index is -0.000921. The molecule has 2 N–H and O–H groups in total. The second-order valence-electron chi connectivity index (χ2n) is 6.73. The number of aliphatic imine (C=N–C) groups is 1. The third-order valence-electron chi connectivity index (χ3n) is 4.28. The van der Waals surface area contributed by atoms with Crippen molar-refractivity contribution in [2.45, 2.75) is 46.6 Å². The van der Waals surface area contributed by atoms with Crippen molar-refractivity contribution in [3.63, 3.8) is 0 Å². The predicted octanol–water partition coefficient (Wildman–Crippen LogP) is 3.24. The molecule has 0 aliphatic rings. The topological polar surface area (TPSA) is 62.5 Å². The van der Waals surface area contributed by atoms with Crippen LogP contribution in [0.15, 0.2) is 33.7 Å². The lowest BCUT2D eigenvalue weighted by Crippen LogP contribution is -2.43. The molecular formula is C19H28N4O. The van der Waals surface area contributed by atoms with Crippen LogP contribution in [0.3, 0.4) is 0 Å². The van der Waals surface area contributed by atoms with Crippen molar-refractivity contribution in [1.82, 2.24) is 15.6 Å². The van der Waals surface area contributed by atoms with E-state index in [-0.39, 0.29) is 5.41 Å². The van der Waals surface area contributed by atoms with Crippen molar-refractivity contribution >= 4 is 5.96 Å². The van der Waals surface area contributed by atoms with Crippen molar-refractivity contribution in [2.75, 3.05) is 13.6 Å². The molecule has 0 saturated carbocycles. The Labute approximate surface area is 144 Å². The Morgan fingerprint density at radius 3 is 2.46 bits per heavy atom. The average molecular weight is 328 g/mol. The summed E-state index contributed by atoms with van der Waals surface area (Å²) in [5, 5.41) is 6.64. The molecular weight excluding hydrogens is 300 g/mol. The first-order valence-corrected chi connectivity index (χ1v) is 8.27. The van der Waals surface area contributed by atoms with E-state index in [9.17, 15) is 0 Å². The monoisotopic (exact) mass is 328 g/mol. The van der Waals surface area contributed by atoms with Gasteiger partial charge in [0.15, 0.2) is 5.96 Å². The predicted molar refractivity (Wildman–Crippen MR) is 98.4 cm³/mol. The van der Waals surface area contributed by atoms with Gasteiger partial charge in [-0.1, -0.05) is 38.1 Å². The van der Waals surface area contributed by atoms with Gasteiger partial charge in [0.25, 0.3) is 0 Å². The quantitative estimate of drug-likeness (QED) is 0.653. The molecule has 0 saturated heterocycles. The van der Waals surface area contributed by atoms with Gasteiger partial charge in [0, 0.05) is 19.0 Å². The van der Waals surface area contributed by atoms with Crippen molar-refractivity contribution in [3.8, 4) is 0 Å². The number of guanidine groups is 1. The maximum absolute atomic E-state index is 5.58. The Morgan fingerprint density at radius 2 is 1.88 bits per heavy atom. The van der Waals surface area contributed by atoms with Crippen molar-refractivity contribution in [2.24, 2.45) is 4.99 Å². The summed E-state index contributed by atoms with van der Waals surface area (Å²) in [6.45, 7) is 11.8. The maximum atomic E-state index is 5.58. The Hall–Kier alpha value is -2.30. The highest BCUT2D eigenvalue weighted by atomic mass is 16.4. The molecule has 5 heteroatoms. The molecule has 0 unspecified atom stereocenters. The fourth-order valence-electron chi connectivity index (χ4n) is 2.73. The largest absolute Gasteiger partial charge is 0.444 e. The zero-order chi connectivity index (χ0) is 17.7. The van der Waals surface area contributed by atoms with Crippen LogP contribution in [-0.2, 0) is 12.0 Å². The number of oxazole rings is 1. The SMILES string of the molecule is CN=C(NCc1nc(C)c(C)o1)NCC(C)(C)c1ccccc1C. The summed E-state index contributed by atoms with van der Waals surface area (Å²) in [6.07, 6.45) is 0. The van der Waals surface area contributed by atoms with Crippen LogP contribution in [0.25, 0.3) is 0 Å². The van der Waals surface area contributed by atoms with Gasteiger partial charge in [0.2, 0.25) is 5.89 Å². The summed E-state index contributed by atoms with van der Waals surface area (Å²) in [5.74, 6) is 2.27. The third-order valence-corrected chi connectivity index (χ3v) is 4.28. The summed E-state index contributed by atoms with van der Waals surface area (Å²) in [6, 6.07) is 8.50. The number of benzene rings is 1. The van der Waals surface area contributed by atoms with Gasteiger partial charge in [-0.3, -0.25) is 4.99 Å². The fraction of sp³-hybridized carbons (Fsp3) is 0.474. The molecule has 0 aliphatic heterocycles. The number of aryl methyl sites for hydroxylation is 3. The molecule has 130 valence electrons. The van der Waals surface area contributed by atoms with Crippen molar-refractivity contribution in [1.29, 1.82) is 0 Å². The van der Waals surface area contributed by atoms with Crippen LogP contribution in [0, 0.1) is 20.8 Å². The lowest BCUT2D eigenvalue weighted by Gasteiger charge is -2.28. The van der Waals surface area contributed by atoms with E-state index in [1.165, 1.54) is 11.1 Å². The molecule has 2 rings (SSSR count). The van der Waals surface area contributed by atoms with E-state index >= 15 is 0 Å². The second kappa shape index (κ2) is 7.51. The maximum Gasteiger partial charge on any atom is 0.214 e. The number of hydrogen-bond donors (Lipinski definition) is 2. The van der Waals surface area contributed by atoms with Crippen LogP contribution in [0.1, 0.15) is 42.3 Å². The summed E-state index contributed by atoms with van der Waals surface area (Å²) in [4.78, 5) is 8.65. The van der Waals surface area contributed by atoms with Gasteiger partial charge in [0.05, 0.1) is 12.2 Å². The Balaban J connectivity index is 1.94. The van der Waals surface area contributed by atoms with Gasteiger partial charge >= 0.3 is 0 Å². The minimum absolute atomic E-state index is 0.000921. The van der Waals surface area contributed by atoms with Gasteiger partial charge in [-0.25, -0.2) is 4.98 Å². The van der Waals surface area contributed by atoms with Gasteiger partial charge in [-0.05, 0) is 31.9 Å². The first kappa shape index (κ1) is 18.0. The molecule has 1 heterocycles. The van der Waals surface area contributed by atoms with E-state index < -0.39 is 0 Å². The van der Waals surface area contributed by atoms with Crippen LogP contribution in [0.4, 0.5) is 0 Å². The molecule has 0 amide bonds. The smallest absolute Gasteiger partial charge is 0.214 e. The summed E-state index contributed by atoms with van der Waals surface area (Å²) >= 11 is 0. The van der Waals surface area contributed by atoms with E-state index in [4.69, 9.17) is 4.42 Å². The lowest BCUT2D eigenvalue weighted by atomic mass is 9.82. The Bertz CT molecular complexity index is 696. The molecule has 0 bridgehead atoms. The van der Waals surface area contributed by atoms with Gasteiger partial charge in [-0.2, -0.15) is 0 Å². The summed E-state index contributed by atoms with van der Waals surface area (Å²) < 4.78 is 5.58. The molecule has 0 fully saturated rings. The number of hydrogen-bond acceptors (Lipinski definition) is 3. The normalized spacial score (nSPS) is 12.3. The Morgan fingerprint density at radius 1 is 1.17 bits per heavy atom. The highest BCUT2D eigenvalue weighted by Gasteiger charge is 2.22. The zero-order valence-corrected chi connectivity index (χ0v) is 15.5. The molecule has 5 nitrogen and oxygen atoms in total. The molecule has 0 radical (unpaired) electrons. The van der Waals surface area contributed by atoms with Gasteiger partial charge < -0.3 is 15.1 Å². The molecule has 1 aromatic carbocycles. The van der Waals surface area contributed by atoms with Crippen LogP contribution < -0.4 is 10.6 Å². The highest BCUT2D eigenvalue weighted by Crippen LogP contribution is 2.25. The third kappa shape index (κ3) is 4.37. The molecule has 0 atom stereocenters. The molecule has 0 aliphatic carbocycles. The van der Waals surface area contributed by atoms with E-state index in [1.807, 2.05) is 13.8 Å². The van der Waals surface area contributed by atoms with E-state index in [0.29, 0.717) is 12.4 Å². The standard InChI is InChI=1S/C19H28N4O/c1-13-9-7-8-10-16(13)19(4,5)12-22-18(20-6)21-11-17-23-14(2)15(3)24-17/h7-10H,11-12H2,1-6H3,(H2,20,21,22). The van der Waals surface area contributed by atoms with Crippen molar-refractivity contribution in [3.05, 3.63) is 52.7 Å². The fourth-order valence-corrected chi connectivity index (χ4v) is 2.73. The Kier molecular flexibility index (Phi) is 5.65. The van der Waals surface area contributed by atoms with Gasteiger partial charge in [0.1, 0.15) is 5.76 Å². The minimum Gasteiger partial charge on any atom is -0.444 e. The zero-order valence-electron chi connectivity index (χ0n) is 15.5. The van der Waals surface area contributed by atoms with Crippen molar-refractivity contribution < 1.29 is 4.42 Å². The first-order valence-electron chi connectivity index (χ1n) is 8.27.